The Bertz CT molecular complexity index is 524. The molecular weight excluding hydrogens is 156 g/mol. The number of rotatable bonds is 0. The first-order chi connectivity index (χ1) is 5.77. The Kier molecular flexibility index (Phi) is 1.33. The van der Waals surface area contributed by atoms with Crippen molar-refractivity contribution in [3.05, 3.63) is 45.8 Å². The van der Waals surface area contributed by atoms with Crippen LogP contribution in [-0.2, 0) is 0 Å². The number of aromatic nitrogens is 1. The number of hydrogen-bond acceptors (Lipinski definition) is 2. The summed E-state index contributed by atoms with van der Waals surface area (Å²) < 4.78 is 4.43. The molecule has 0 saturated carbocycles. The van der Waals surface area contributed by atoms with Gasteiger partial charge >= 0.3 is 5.76 Å². The quantitative estimate of drug-likeness (QED) is 0.614. The summed E-state index contributed by atoms with van der Waals surface area (Å²) in [6.45, 7) is 0. The molecule has 2 rings (SSSR count). The molecule has 4 heteroatoms. The number of aromatic amines is 1. The van der Waals surface area contributed by atoms with Gasteiger partial charge in [0.1, 0.15) is 0 Å². The van der Waals surface area contributed by atoms with Gasteiger partial charge in [0.2, 0.25) is 0 Å². The maximum absolute atomic E-state index is 10.7. The highest BCUT2D eigenvalue weighted by Crippen LogP contribution is 2.01. The normalized spacial score (nSPS) is 10.3. The van der Waals surface area contributed by atoms with E-state index in [-0.39, 0.29) is 5.55 Å². The fourth-order valence-corrected chi connectivity index (χ4v) is 1.06. The van der Waals surface area contributed by atoms with Crippen LogP contribution in [0.1, 0.15) is 0 Å². The first-order valence-electron chi connectivity index (χ1n) is 3.41. The zero-order valence-electron chi connectivity index (χ0n) is 6.07. The molecule has 0 fully saturated rings. The molecule has 0 unspecified atom stereocenters. The van der Waals surface area contributed by atoms with Gasteiger partial charge in [0.25, 0.3) is 0 Å². The van der Waals surface area contributed by atoms with Crippen molar-refractivity contribution in [3.63, 3.8) is 0 Å². The molecule has 0 spiro atoms. The van der Waals surface area contributed by atoms with E-state index in [1.807, 2.05) is 0 Å². The molecule has 1 N–H and O–H groups in total. The molecule has 0 bridgehead atoms. The average Bonchev–Trinajstić information content (AvgIpc) is 2.04. The van der Waals surface area contributed by atoms with Crippen molar-refractivity contribution in [2.24, 2.45) is 0 Å². The lowest BCUT2D eigenvalue weighted by molar-refractivity contribution is 0.461. The summed E-state index contributed by atoms with van der Waals surface area (Å²) in [6, 6.07) is 6.85. The second kappa shape index (κ2) is 2.34. The third kappa shape index (κ3) is 0.934. The summed E-state index contributed by atoms with van der Waals surface area (Å²) in [5.74, 6) is -0.661. The van der Waals surface area contributed by atoms with Crippen molar-refractivity contribution < 1.29 is 4.42 Å². The van der Waals surface area contributed by atoms with Gasteiger partial charge in [-0.05, 0) is 6.07 Å². The highest BCUT2D eigenvalue weighted by Gasteiger charge is 1.91. The largest absolute Gasteiger partial charge is 0.770 e. The Morgan fingerprint density at radius 3 is 2.92 bits per heavy atom. The van der Waals surface area contributed by atoms with Crippen LogP contribution in [0.15, 0.2) is 33.5 Å². The van der Waals surface area contributed by atoms with Gasteiger partial charge in [0.15, 0.2) is 0 Å². The van der Waals surface area contributed by atoms with Crippen LogP contribution in [0.3, 0.4) is 0 Å². The summed E-state index contributed by atoms with van der Waals surface area (Å²) in [4.78, 5) is 13.2. The Labute approximate surface area is 67.0 Å². The Balaban J connectivity index is 3.09. The van der Waals surface area contributed by atoms with Crippen molar-refractivity contribution >= 4 is 10.9 Å². The minimum atomic E-state index is -0.661. The lowest BCUT2D eigenvalue weighted by Crippen LogP contribution is -2.13. The molecule has 0 aliphatic rings. The van der Waals surface area contributed by atoms with Gasteiger partial charge in [-0.1, -0.05) is 18.2 Å². The van der Waals surface area contributed by atoms with Gasteiger partial charge in [-0.15, -0.1) is 0 Å². The van der Waals surface area contributed by atoms with E-state index in [4.69, 9.17) is 5.41 Å². The fraction of sp³-hybridized carbons (Fsp3) is 0. The van der Waals surface area contributed by atoms with Crippen molar-refractivity contribution in [2.45, 2.75) is 0 Å². The first kappa shape index (κ1) is 6.84. The zero-order chi connectivity index (χ0) is 8.55. The average molecular weight is 161 g/mol. The van der Waals surface area contributed by atoms with Gasteiger partial charge in [-0.2, -0.15) is 0 Å². The third-order valence-corrected chi connectivity index (χ3v) is 1.58. The fourth-order valence-electron chi connectivity index (χ4n) is 1.06. The van der Waals surface area contributed by atoms with Gasteiger partial charge in [-0.25, -0.2) is 4.79 Å². The molecule has 0 atom stereocenters. The molecule has 1 aromatic heterocycles. The van der Waals surface area contributed by atoms with Crippen LogP contribution in [0, 0.1) is 0 Å². The van der Waals surface area contributed by atoms with Crippen molar-refractivity contribution in [1.29, 1.82) is 0 Å². The smallest absolute Gasteiger partial charge is 0.415 e. The molecule has 0 aliphatic heterocycles. The zero-order valence-corrected chi connectivity index (χ0v) is 6.07. The molecule has 60 valence electrons. The van der Waals surface area contributed by atoms with E-state index >= 15 is 0 Å². The van der Waals surface area contributed by atoms with Crippen LogP contribution < -0.4 is 11.3 Å². The minimum Gasteiger partial charge on any atom is -0.770 e. The number of benzene rings is 1. The number of nitrogens with one attached hydrogen (secondary N) is 1. The third-order valence-electron chi connectivity index (χ3n) is 1.58. The summed E-state index contributed by atoms with van der Waals surface area (Å²) >= 11 is 0. The molecule has 2 aromatic rings. The summed E-state index contributed by atoms with van der Waals surface area (Å²) in [5, 5.41) is 9.66. The number of nitrogens with zero attached hydrogens (tertiary/aromatic N) is 1. The van der Waals surface area contributed by atoms with Crippen molar-refractivity contribution in [3.8, 4) is 0 Å². The topological polar surface area (TPSA) is 68.3 Å². The van der Waals surface area contributed by atoms with Crippen LogP contribution in [0.25, 0.3) is 16.3 Å². The molecule has 0 saturated heterocycles. The van der Waals surface area contributed by atoms with E-state index in [9.17, 15) is 4.79 Å². The number of fused-ring (bicyclic) bond motifs is 1. The summed E-state index contributed by atoms with van der Waals surface area (Å²) in [6.07, 6.45) is 0. The van der Waals surface area contributed by atoms with Gasteiger partial charge in [0.05, 0.1) is 5.52 Å². The second-order valence-electron chi connectivity index (χ2n) is 2.37. The van der Waals surface area contributed by atoms with Crippen LogP contribution >= 0.6 is 0 Å². The molecule has 1 heterocycles. The molecule has 0 radical (unpaired) electrons. The Morgan fingerprint density at radius 2 is 2.08 bits per heavy atom. The van der Waals surface area contributed by atoms with Crippen LogP contribution in [0.5, 0.6) is 0 Å². The van der Waals surface area contributed by atoms with Crippen LogP contribution in [0.4, 0.5) is 0 Å². The SMILES string of the molecule is [N-]=c1oc(=O)[nH]c2ccccc12. The highest BCUT2D eigenvalue weighted by atomic mass is 16.4. The summed E-state index contributed by atoms with van der Waals surface area (Å²) in [7, 11) is 0. The van der Waals surface area contributed by atoms with E-state index in [1.165, 1.54) is 0 Å². The van der Waals surface area contributed by atoms with Crippen LogP contribution in [0.2, 0.25) is 0 Å². The predicted octanol–water partition coefficient (Wildman–Crippen LogP) is 0.591. The lowest BCUT2D eigenvalue weighted by Gasteiger charge is -1.98. The Hall–Kier alpha value is -1.84. The predicted molar refractivity (Wildman–Crippen MR) is 43.3 cm³/mol. The van der Waals surface area contributed by atoms with E-state index in [1.54, 1.807) is 24.3 Å². The maximum Gasteiger partial charge on any atom is 0.415 e. The first-order valence-corrected chi connectivity index (χ1v) is 3.41. The number of hydrogen-bond donors (Lipinski definition) is 1. The van der Waals surface area contributed by atoms with Crippen molar-refractivity contribution in [1.82, 2.24) is 4.98 Å². The number of para-hydroxylation sites is 1. The maximum atomic E-state index is 10.7. The number of H-pyrrole nitrogens is 1. The standard InChI is InChI=1S/C8H5N2O2/c9-7-5-3-1-2-4-6(5)10-8(11)12-7/h1-4H,(H,10,11)/q-1. The molecule has 0 amide bonds. The monoisotopic (exact) mass is 161 g/mol. The minimum absolute atomic E-state index is 0.352. The summed E-state index contributed by atoms with van der Waals surface area (Å²) in [5.41, 5.74) is 0.209. The van der Waals surface area contributed by atoms with E-state index < -0.39 is 5.76 Å². The van der Waals surface area contributed by atoms with E-state index in [0.717, 1.165) is 0 Å². The highest BCUT2D eigenvalue weighted by molar-refractivity contribution is 5.76. The molecule has 4 nitrogen and oxygen atoms in total. The molecule has 1 aromatic carbocycles. The van der Waals surface area contributed by atoms with E-state index in [0.29, 0.717) is 10.9 Å². The molecular formula is C8H5N2O2-. The Morgan fingerprint density at radius 1 is 1.33 bits per heavy atom. The molecule has 0 aliphatic carbocycles. The van der Waals surface area contributed by atoms with Gasteiger partial charge in [0, 0.05) is 10.9 Å². The second-order valence-corrected chi connectivity index (χ2v) is 2.37. The van der Waals surface area contributed by atoms with Gasteiger partial charge in [-0.3, -0.25) is 4.98 Å². The molecule has 12 heavy (non-hydrogen) atoms. The van der Waals surface area contributed by atoms with Crippen LogP contribution in [-0.4, -0.2) is 4.98 Å². The lowest BCUT2D eigenvalue weighted by atomic mass is 10.2. The van der Waals surface area contributed by atoms with Crippen molar-refractivity contribution in [2.75, 3.05) is 0 Å². The van der Waals surface area contributed by atoms with E-state index in [2.05, 4.69) is 9.40 Å². The van der Waals surface area contributed by atoms with Gasteiger partial charge < -0.3 is 9.83 Å².